The minimum Gasteiger partial charge on any atom is -0.373 e. The molecule has 7 heteroatoms. The van der Waals surface area contributed by atoms with Crippen LogP contribution < -0.4 is 5.56 Å². The van der Waals surface area contributed by atoms with E-state index in [9.17, 15) is 9.18 Å². The van der Waals surface area contributed by atoms with Crippen LogP contribution in [0.4, 0.5) is 4.39 Å². The number of fused-ring (bicyclic) bond motifs is 1. The monoisotopic (exact) mass is 407 g/mol. The molecule has 0 aliphatic heterocycles. The highest BCUT2D eigenvalue weighted by atomic mass is 32.2. The summed E-state index contributed by atoms with van der Waals surface area (Å²) in [7, 11) is 4.30. The number of nitrogens with one attached hydrogen (secondary N) is 1. The van der Waals surface area contributed by atoms with Crippen LogP contribution in [0.2, 0.25) is 0 Å². The molecule has 0 radical (unpaired) electrons. The van der Waals surface area contributed by atoms with Crippen molar-refractivity contribution < 1.29 is 9.13 Å². The number of aromatic nitrogens is 2. The zero-order chi connectivity index (χ0) is 19.7. The summed E-state index contributed by atoms with van der Waals surface area (Å²) in [5.74, 6) is 1.44. The smallest absolute Gasteiger partial charge is 0.261 e. The SMILES string of the molecule is CN(C)[C@H]1CC[C@H](SCc2nc3c(c(=O)[nH]2)C(F)=CC(OCC2CC2)C3)CC1. The normalized spacial score (nSPS) is 27.6. The molecule has 0 spiro atoms. The van der Waals surface area contributed by atoms with Crippen molar-refractivity contribution in [3.05, 3.63) is 33.5 Å². The largest absolute Gasteiger partial charge is 0.373 e. The Hall–Kier alpha value is -1.18. The number of aromatic amines is 1. The first kappa shape index (κ1) is 20.1. The van der Waals surface area contributed by atoms with Gasteiger partial charge in [-0.3, -0.25) is 4.79 Å². The number of hydrogen-bond acceptors (Lipinski definition) is 5. The Morgan fingerprint density at radius 2 is 2.00 bits per heavy atom. The van der Waals surface area contributed by atoms with Crippen LogP contribution in [0.1, 0.15) is 55.6 Å². The minimum absolute atomic E-state index is 0.0894. The standard InChI is InChI=1S/C21H30FN3O2S/c1-25(2)14-5-7-16(8-6-14)28-12-19-23-18-10-15(27-11-13-3-4-13)9-17(22)20(18)21(26)24-19/h9,13-16H,3-8,10-12H2,1-2H3,(H,23,24,26)/t14-,15?,16-. The molecule has 28 heavy (non-hydrogen) atoms. The van der Waals surface area contributed by atoms with E-state index in [1.165, 1.54) is 44.6 Å². The van der Waals surface area contributed by atoms with Crippen LogP contribution in [0.25, 0.3) is 5.83 Å². The Morgan fingerprint density at radius 3 is 2.68 bits per heavy atom. The molecule has 2 fully saturated rings. The van der Waals surface area contributed by atoms with Crippen LogP contribution in [-0.4, -0.2) is 53.0 Å². The maximum Gasteiger partial charge on any atom is 0.261 e. The van der Waals surface area contributed by atoms with Gasteiger partial charge in [-0.2, -0.15) is 11.8 Å². The number of nitrogens with zero attached hydrogens (tertiary/aromatic N) is 2. The highest BCUT2D eigenvalue weighted by Crippen LogP contribution is 2.33. The van der Waals surface area contributed by atoms with E-state index in [0.717, 1.165) is 0 Å². The first-order valence-electron chi connectivity index (χ1n) is 10.4. The van der Waals surface area contributed by atoms with E-state index in [1.54, 1.807) is 0 Å². The van der Waals surface area contributed by atoms with Crippen LogP contribution in [0.3, 0.4) is 0 Å². The van der Waals surface area contributed by atoms with E-state index in [0.29, 0.717) is 47.5 Å². The van der Waals surface area contributed by atoms with E-state index in [1.807, 2.05) is 11.8 Å². The summed E-state index contributed by atoms with van der Waals surface area (Å²) < 4.78 is 20.3. The Labute approximate surface area is 170 Å². The van der Waals surface area contributed by atoms with E-state index >= 15 is 0 Å². The quantitative estimate of drug-likeness (QED) is 0.749. The molecule has 2 saturated carbocycles. The fourth-order valence-corrected chi connectivity index (χ4v) is 5.24. The third-order valence-electron chi connectivity index (χ3n) is 6.08. The highest BCUT2D eigenvalue weighted by Gasteiger charge is 2.28. The van der Waals surface area contributed by atoms with Crippen molar-refractivity contribution in [1.29, 1.82) is 0 Å². The van der Waals surface area contributed by atoms with Gasteiger partial charge in [0.15, 0.2) is 0 Å². The van der Waals surface area contributed by atoms with Gasteiger partial charge in [-0.25, -0.2) is 9.37 Å². The molecular weight excluding hydrogens is 377 g/mol. The number of thioether (sulfide) groups is 1. The molecule has 1 heterocycles. The molecule has 3 aliphatic rings. The van der Waals surface area contributed by atoms with Crippen LogP contribution in [0, 0.1) is 5.92 Å². The second-order valence-electron chi connectivity index (χ2n) is 8.57. The van der Waals surface area contributed by atoms with Gasteiger partial charge in [-0.15, -0.1) is 0 Å². The van der Waals surface area contributed by atoms with Gasteiger partial charge < -0.3 is 14.6 Å². The molecule has 3 aliphatic carbocycles. The summed E-state index contributed by atoms with van der Waals surface area (Å²) in [6.07, 6.45) is 8.81. The number of hydrogen-bond donors (Lipinski definition) is 1. The topological polar surface area (TPSA) is 58.2 Å². The molecule has 1 aromatic rings. The molecule has 0 aromatic carbocycles. The lowest BCUT2D eigenvalue weighted by Crippen LogP contribution is -2.33. The van der Waals surface area contributed by atoms with E-state index < -0.39 is 5.83 Å². The van der Waals surface area contributed by atoms with Crippen molar-refractivity contribution in [2.75, 3.05) is 20.7 Å². The van der Waals surface area contributed by atoms with Crippen molar-refractivity contribution in [3.8, 4) is 0 Å². The molecule has 4 rings (SSSR count). The molecular formula is C21H30FN3O2S. The summed E-state index contributed by atoms with van der Waals surface area (Å²) in [6, 6.07) is 0.681. The number of ether oxygens (including phenoxy) is 1. The Kier molecular flexibility index (Phi) is 6.23. The third-order valence-corrected chi connectivity index (χ3v) is 7.46. The van der Waals surface area contributed by atoms with Gasteiger partial charge in [0.25, 0.3) is 5.56 Å². The van der Waals surface area contributed by atoms with Crippen LogP contribution in [0.5, 0.6) is 0 Å². The fraction of sp³-hybridized carbons (Fsp3) is 0.714. The first-order valence-corrected chi connectivity index (χ1v) is 11.4. The second-order valence-corrected chi connectivity index (χ2v) is 9.86. The van der Waals surface area contributed by atoms with E-state index in [2.05, 4.69) is 29.0 Å². The van der Waals surface area contributed by atoms with Crippen LogP contribution in [0.15, 0.2) is 10.9 Å². The molecule has 1 aromatic heterocycles. The summed E-state index contributed by atoms with van der Waals surface area (Å²) >= 11 is 1.86. The summed E-state index contributed by atoms with van der Waals surface area (Å²) in [5.41, 5.74) is 0.259. The van der Waals surface area contributed by atoms with Crippen LogP contribution >= 0.6 is 11.8 Å². The molecule has 0 amide bonds. The average Bonchev–Trinajstić information content (AvgIpc) is 3.49. The van der Waals surface area contributed by atoms with Gasteiger partial charge in [0.05, 0.1) is 29.7 Å². The molecule has 1 unspecified atom stereocenters. The summed E-state index contributed by atoms with van der Waals surface area (Å²) in [4.78, 5) is 22.1. The molecule has 0 saturated heterocycles. The van der Waals surface area contributed by atoms with Crippen molar-refractivity contribution in [3.63, 3.8) is 0 Å². The molecule has 5 nitrogen and oxygen atoms in total. The molecule has 154 valence electrons. The minimum atomic E-state index is -0.503. The first-order chi connectivity index (χ1) is 13.5. The maximum absolute atomic E-state index is 14.4. The summed E-state index contributed by atoms with van der Waals surface area (Å²) in [5, 5.41) is 0.601. The highest BCUT2D eigenvalue weighted by molar-refractivity contribution is 7.99. The van der Waals surface area contributed by atoms with Crippen molar-refractivity contribution in [2.45, 2.75) is 68.1 Å². The van der Waals surface area contributed by atoms with E-state index in [-0.39, 0.29) is 17.2 Å². The van der Waals surface area contributed by atoms with Crippen molar-refractivity contribution >= 4 is 17.6 Å². The molecule has 1 atom stereocenters. The second kappa shape index (κ2) is 8.67. The predicted octanol–water partition coefficient (Wildman–Crippen LogP) is 3.54. The number of H-pyrrole nitrogens is 1. The lowest BCUT2D eigenvalue weighted by atomic mass is 9.94. The zero-order valence-corrected chi connectivity index (χ0v) is 17.6. The number of rotatable bonds is 7. The average molecular weight is 408 g/mol. The Bertz CT molecular complexity index is 782. The zero-order valence-electron chi connectivity index (χ0n) is 16.7. The third kappa shape index (κ3) is 4.86. The Balaban J connectivity index is 1.37. The van der Waals surface area contributed by atoms with Gasteiger partial charge in [-0.1, -0.05) is 0 Å². The maximum atomic E-state index is 14.4. The summed E-state index contributed by atoms with van der Waals surface area (Å²) in [6.45, 7) is 0.672. The molecule has 0 bridgehead atoms. The fourth-order valence-electron chi connectivity index (χ4n) is 4.11. The van der Waals surface area contributed by atoms with Gasteiger partial charge in [0, 0.05) is 17.7 Å². The van der Waals surface area contributed by atoms with Gasteiger partial charge in [-0.05, 0) is 64.6 Å². The lowest BCUT2D eigenvalue weighted by molar-refractivity contribution is 0.0752. The van der Waals surface area contributed by atoms with Crippen molar-refractivity contribution in [1.82, 2.24) is 14.9 Å². The number of halogens is 1. The molecule has 1 N–H and O–H groups in total. The van der Waals surface area contributed by atoms with E-state index in [4.69, 9.17) is 4.74 Å². The van der Waals surface area contributed by atoms with Gasteiger partial charge in [0.1, 0.15) is 11.7 Å². The van der Waals surface area contributed by atoms with Crippen molar-refractivity contribution in [2.24, 2.45) is 5.92 Å². The predicted molar refractivity (Wildman–Crippen MR) is 111 cm³/mol. The van der Waals surface area contributed by atoms with Crippen LogP contribution in [-0.2, 0) is 16.9 Å². The lowest BCUT2D eigenvalue weighted by Gasteiger charge is -2.32. The van der Waals surface area contributed by atoms with Gasteiger partial charge >= 0.3 is 0 Å². The van der Waals surface area contributed by atoms with Gasteiger partial charge in [0.2, 0.25) is 0 Å². The Morgan fingerprint density at radius 1 is 1.25 bits per heavy atom.